The van der Waals surface area contributed by atoms with E-state index >= 15 is 0 Å². The van der Waals surface area contributed by atoms with E-state index < -0.39 is 12.5 Å². The van der Waals surface area contributed by atoms with Crippen LogP contribution < -0.4 is 10.6 Å². The van der Waals surface area contributed by atoms with Gasteiger partial charge in [0.05, 0.1) is 6.61 Å². The normalized spacial score (nSPS) is 13.9. The summed E-state index contributed by atoms with van der Waals surface area (Å²) >= 11 is 0. The molecule has 0 unspecified atom stereocenters. The van der Waals surface area contributed by atoms with Gasteiger partial charge in [-0.15, -0.1) is 0 Å². The van der Waals surface area contributed by atoms with Gasteiger partial charge in [0.2, 0.25) is 0 Å². The van der Waals surface area contributed by atoms with Gasteiger partial charge in [-0.3, -0.25) is 0 Å². The van der Waals surface area contributed by atoms with E-state index in [1.807, 2.05) is 41.5 Å². The molecule has 3 nitrogen and oxygen atoms in total. The van der Waals surface area contributed by atoms with Crippen molar-refractivity contribution in [3.8, 4) is 0 Å². The largest absolute Gasteiger partial charge is 0.374 e. The van der Waals surface area contributed by atoms with Crippen molar-refractivity contribution in [3.63, 3.8) is 0 Å². The molecule has 0 saturated carbocycles. The summed E-state index contributed by atoms with van der Waals surface area (Å²) < 4.78 is 32.0. The Morgan fingerprint density at radius 1 is 0.842 bits per heavy atom. The van der Waals surface area contributed by atoms with Gasteiger partial charge in [0, 0.05) is 30.6 Å². The number of ether oxygens (including phenoxy) is 1. The highest BCUT2D eigenvalue weighted by Gasteiger charge is 2.29. The van der Waals surface area contributed by atoms with Crippen molar-refractivity contribution in [1.82, 2.24) is 10.6 Å². The first-order valence-corrected chi connectivity index (χ1v) is 6.87. The van der Waals surface area contributed by atoms with E-state index in [0.29, 0.717) is 19.7 Å². The van der Waals surface area contributed by atoms with Crippen LogP contribution in [0.4, 0.5) is 8.78 Å². The second-order valence-corrected chi connectivity index (χ2v) is 7.01. The van der Waals surface area contributed by atoms with Crippen molar-refractivity contribution >= 4 is 0 Å². The molecule has 5 heteroatoms. The van der Waals surface area contributed by atoms with Crippen LogP contribution >= 0.6 is 0 Å². The summed E-state index contributed by atoms with van der Waals surface area (Å²) in [4.78, 5) is 0. The van der Waals surface area contributed by atoms with Gasteiger partial charge in [-0.1, -0.05) is 0 Å². The van der Waals surface area contributed by atoms with Gasteiger partial charge in [-0.05, 0) is 41.5 Å². The molecule has 0 bridgehead atoms. The molecule has 0 heterocycles. The fourth-order valence-corrected chi connectivity index (χ4v) is 1.41. The Balaban J connectivity index is 3.68. The van der Waals surface area contributed by atoms with Crippen LogP contribution in [0.3, 0.4) is 0 Å². The van der Waals surface area contributed by atoms with Gasteiger partial charge in [-0.2, -0.15) is 0 Å². The maximum Gasteiger partial charge on any atom is 0.272 e. The SMILES string of the molecule is CC(C)(C)NCCOCC(F)(F)CCNC(C)(C)C. The zero-order valence-electron chi connectivity index (χ0n) is 13.2. The molecule has 0 radical (unpaired) electrons. The quantitative estimate of drug-likeness (QED) is 0.671. The zero-order valence-corrected chi connectivity index (χ0v) is 13.2. The highest BCUT2D eigenvalue weighted by atomic mass is 19.3. The lowest BCUT2D eigenvalue weighted by Crippen LogP contribution is -2.40. The first-order chi connectivity index (χ1) is 8.41. The Labute approximate surface area is 116 Å². The predicted octanol–water partition coefficient (Wildman–Crippen LogP) is 2.80. The average Bonchev–Trinajstić information content (AvgIpc) is 2.12. The Kier molecular flexibility index (Phi) is 7.40. The molecule has 116 valence electrons. The standard InChI is InChI=1S/C14H30F2N2O/c1-12(2,3)17-8-7-14(15,16)11-19-10-9-18-13(4,5)6/h17-18H,7-11H2,1-6H3. The van der Waals surface area contributed by atoms with Gasteiger partial charge >= 0.3 is 0 Å². The molecule has 0 saturated heterocycles. The van der Waals surface area contributed by atoms with Crippen molar-refractivity contribution in [2.24, 2.45) is 0 Å². The molecule has 0 spiro atoms. The minimum Gasteiger partial charge on any atom is -0.374 e. The molecule has 0 amide bonds. The van der Waals surface area contributed by atoms with E-state index in [4.69, 9.17) is 4.74 Å². The van der Waals surface area contributed by atoms with Crippen LogP contribution in [-0.4, -0.2) is 43.3 Å². The first-order valence-electron chi connectivity index (χ1n) is 6.87. The molecule has 0 aromatic carbocycles. The van der Waals surface area contributed by atoms with Gasteiger partial charge in [0.25, 0.3) is 5.92 Å². The van der Waals surface area contributed by atoms with Crippen LogP contribution in [0.1, 0.15) is 48.0 Å². The maximum absolute atomic E-state index is 13.5. The van der Waals surface area contributed by atoms with Gasteiger partial charge in [-0.25, -0.2) is 8.78 Å². The molecule has 0 aliphatic rings. The molecule has 0 rings (SSSR count). The summed E-state index contributed by atoms with van der Waals surface area (Å²) in [7, 11) is 0. The molecule has 0 aliphatic heterocycles. The third-order valence-corrected chi connectivity index (χ3v) is 2.36. The Bertz CT molecular complexity index is 245. The van der Waals surface area contributed by atoms with Crippen molar-refractivity contribution in [1.29, 1.82) is 0 Å². The van der Waals surface area contributed by atoms with E-state index in [2.05, 4.69) is 10.6 Å². The summed E-state index contributed by atoms with van der Waals surface area (Å²) in [5, 5.41) is 6.24. The van der Waals surface area contributed by atoms with Crippen LogP contribution in [0.5, 0.6) is 0 Å². The van der Waals surface area contributed by atoms with Crippen molar-refractivity contribution in [3.05, 3.63) is 0 Å². The molecule has 0 aromatic rings. The summed E-state index contributed by atoms with van der Waals surface area (Å²) in [6.07, 6.45) is -0.197. The lowest BCUT2D eigenvalue weighted by Gasteiger charge is -2.23. The van der Waals surface area contributed by atoms with Crippen LogP contribution in [0, 0.1) is 0 Å². The molecular weight excluding hydrogens is 250 g/mol. The van der Waals surface area contributed by atoms with E-state index in [9.17, 15) is 8.78 Å². The Hall–Kier alpha value is -0.260. The van der Waals surface area contributed by atoms with Gasteiger partial charge in [0.15, 0.2) is 0 Å². The van der Waals surface area contributed by atoms with Gasteiger partial charge in [0.1, 0.15) is 6.61 Å². The van der Waals surface area contributed by atoms with E-state index in [1.54, 1.807) is 0 Å². The minimum absolute atomic E-state index is 0.0114. The molecule has 2 N–H and O–H groups in total. The second kappa shape index (κ2) is 7.50. The predicted molar refractivity (Wildman–Crippen MR) is 75.9 cm³/mol. The molecular formula is C14H30F2N2O. The first kappa shape index (κ1) is 18.7. The average molecular weight is 280 g/mol. The van der Waals surface area contributed by atoms with E-state index in [0.717, 1.165) is 0 Å². The topological polar surface area (TPSA) is 33.3 Å². The van der Waals surface area contributed by atoms with E-state index in [1.165, 1.54) is 0 Å². The lowest BCUT2D eigenvalue weighted by molar-refractivity contribution is -0.0815. The number of nitrogens with one attached hydrogen (secondary N) is 2. The van der Waals surface area contributed by atoms with Crippen LogP contribution in [0.25, 0.3) is 0 Å². The summed E-state index contributed by atoms with van der Waals surface area (Å²) in [6.45, 7) is 12.6. The number of rotatable bonds is 8. The Morgan fingerprint density at radius 2 is 1.32 bits per heavy atom. The van der Waals surface area contributed by atoms with Crippen LogP contribution in [0.15, 0.2) is 0 Å². The fraction of sp³-hybridized carbons (Fsp3) is 1.00. The number of alkyl halides is 2. The lowest BCUT2D eigenvalue weighted by atomic mass is 10.1. The number of hydrogen-bond acceptors (Lipinski definition) is 3. The van der Waals surface area contributed by atoms with Crippen LogP contribution in [-0.2, 0) is 4.74 Å². The van der Waals surface area contributed by atoms with Gasteiger partial charge < -0.3 is 15.4 Å². The molecule has 0 atom stereocenters. The highest BCUT2D eigenvalue weighted by molar-refractivity contribution is 4.74. The smallest absolute Gasteiger partial charge is 0.272 e. The monoisotopic (exact) mass is 280 g/mol. The zero-order chi connectivity index (χ0) is 15.2. The Morgan fingerprint density at radius 3 is 1.79 bits per heavy atom. The maximum atomic E-state index is 13.5. The highest BCUT2D eigenvalue weighted by Crippen LogP contribution is 2.18. The fourth-order valence-electron chi connectivity index (χ4n) is 1.41. The van der Waals surface area contributed by atoms with Crippen molar-refractivity contribution < 1.29 is 13.5 Å². The van der Waals surface area contributed by atoms with Crippen molar-refractivity contribution in [2.45, 2.75) is 65.0 Å². The molecule has 19 heavy (non-hydrogen) atoms. The third kappa shape index (κ3) is 14.0. The van der Waals surface area contributed by atoms with E-state index in [-0.39, 0.29) is 17.5 Å². The summed E-state index contributed by atoms with van der Waals surface area (Å²) in [5.41, 5.74) is -0.143. The third-order valence-electron chi connectivity index (χ3n) is 2.36. The summed E-state index contributed by atoms with van der Waals surface area (Å²) in [5.74, 6) is -2.76. The molecule has 0 aliphatic carbocycles. The minimum atomic E-state index is -2.76. The number of hydrogen-bond donors (Lipinski definition) is 2. The van der Waals surface area contributed by atoms with Crippen molar-refractivity contribution in [2.75, 3.05) is 26.3 Å². The summed E-state index contributed by atoms with van der Waals surface area (Å²) in [6, 6.07) is 0. The number of halogens is 2. The molecule has 0 aromatic heterocycles. The van der Waals surface area contributed by atoms with Crippen LogP contribution in [0.2, 0.25) is 0 Å². The molecule has 0 fully saturated rings. The second-order valence-electron chi connectivity index (χ2n) is 7.01.